The molecule has 0 atom stereocenters. The first-order chi connectivity index (χ1) is 11.9. The predicted molar refractivity (Wildman–Crippen MR) is 99.9 cm³/mol. The summed E-state index contributed by atoms with van der Waals surface area (Å²) < 4.78 is 10.4. The molecule has 0 bridgehead atoms. The predicted octanol–water partition coefficient (Wildman–Crippen LogP) is 3.67. The fourth-order valence-electron chi connectivity index (χ4n) is 2.41. The van der Waals surface area contributed by atoms with Gasteiger partial charge in [0, 0.05) is 11.6 Å². The van der Waals surface area contributed by atoms with Gasteiger partial charge in [0.2, 0.25) is 5.91 Å². The van der Waals surface area contributed by atoms with Gasteiger partial charge in [0.1, 0.15) is 11.5 Å². The van der Waals surface area contributed by atoms with Gasteiger partial charge in [-0.1, -0.05) is 35.4 Å². The second-order valence-corrected chi connectivity index (χ2v) is 6.04. The Morgan fingerprint density at radius 1 is 1.16 bits per heavy atom. The molecule has 0 aliphatic heterocycles. The van der Waals surface area contributed by atoms with Crippen molar-refractivity contribution in [3.8, 4) is 11.5 Å². The third-order valence-corrected chi connectivity index (χ3v) is 4.04. The van der Waals surface area contributed by atoms with Gasteiger partial charge in [0.15, 0.2) is 0 Å². The molecule has 0 fully saturated rings. The number of nitrogens with zero attached hydrogens (tertiary/aromatic N) is 1. The van der Waals surface area contributed by atoms with Crippen molar-refractivity contribution in [3.05, 3.63) is 57.6 Å². The Balaban J connectivity index is 2.05. The Labute approximate surface area is 152 Å². The van der Waals surface area contributed by atoms with Gasteiger partial charge in [-0.3, -0.25) is 4.79 Å². The van der Waals surface area contributed by atoms with Gasteiger partial charge in [-0.2, -0.15) is 5.10 Å². The van der Waals surface area contributed by atoms with Gasteiger partial charge < -0.3 is 9.47 Å². The molecule has 25 heavy (non-hydrogen) atoms. The van der Waals surface area contributed by atoms with Gasteiger partial charge in [-0.05, 0) is 31.0 Å². The third-order valence-electron chi connectivity index (χ3n) is 3.75. The average Bonchev–Trinajstić information content (AvgIpc) is 2.57. The van der Waals surface area contributed by atoms with Crippen molar-refractivity contribution < 1.29 is 14.3 Å². The van der Waals surface area contributed by atoms with Crippen LogP contribution in [0.5, 0.6) is 11.5 Å². The molecule has 0 aliphatic rings. The molecule has 0 saturated heterocycles. The van der Waals surface area contributed by atoms with Crippen LogP contribution in [0.2, 0.25) is 5.02 Å². The zero-order valence-corrected chi connectivity index (χ0v) is 15.5. The lowest BCUT2D eigenvalue weighted by Crippen LogP contribution is -2.20. The number of aryl methyl sites for hydroxylation is 2. The van der Waals surface area contributed by atoms with Crippen LogP contribution in [0.25, 0.3) is 0 Å². The molecule has 1 N–H and O–H groups in total. The van der Waals surface area contributed by atoms with E-state index in [0.29, 0.717) is 22.1 Å². The molecule has 0 aliphatic carbocycles. The highest BCUT2D eigenvalue weighted by Gasteiger charge is 2.09. The van der Waals surface area contributed by atoms with E-state index in [-0.39, 0.29) is 12.3 Å². The SMILES string of the molecule is COc1cc(OC)c(/C=N/NC(=O)Cc2ccc(C)cc2C)cc1Cl. The van der Waals surface area contributed by atoms with Gasteiger partial charge >= 0.3 is 0 Å². The molecule has 0 radical (unpaired) electrons. The van der Waals surface area contributed by atoms with Gasteiger partial charge in [-0.15, -0.1) is 0 Å². The summed E-state index contributed by atoms with van der Waals surface area (Å²) in [5, 5.41) is 4.42. The molecule has 0 heterocycles. The van der Waals surface area contributed by atoms with Crippen LogP contribution < -0.4 is 14.9 Å². The van der Waals surface area contributed by atoms with Crippen molar-refractivity contribution >= 4 is 23.7 Å². The summed E-state index contributed by atoms with van der Waals surface area (Å²) >= 11 is 6.11. The average molecular weight is 361 g/mol. The maximum Gasteiger partial charge on any atom is 0.244 e. The number of hydrazone groups is 1. The van der Waals surface area contributed by atoms with Crippen molar-refractivity contribution in [1.29, 1.82) is 0 Å². The molecule has 6 heteroatoms. The lowest BCUT2D eigenvalue weighted by molar-refractivity contribution is -0.120. The zero-order chi connectivity index (χ0) is 18.4. The van der Waals surface area contributed by atoms with E-state index in [0.717, 1.165) is 11.1 Å². The number of ether oxygens (including phenoxy) is 2. The Bertz CT molecular complexity index is 803. The van der Waals surface area contributed by atoms with Crippen molar-refractivity contribution in [2.45, 2.75) is 20.3 Å². The van der Waals surface area contributed by atoms with Gasteiger partial charge in [-0.25, -0.2) is 5.43 Å². The summed E-state index contributed by atoms with van der Waals surface area (Å²) in [5.41, 5.74) is 6.39. The molecular formula is C19H21ClN2O3. The number of benzene rings is 2. The van der Waals surface area contributed by atoms with Crippen molar-refractivity contribution in [2.24, 2.45) is 5.10 Å². The number of nitrogens with one attached hydrogen (secondary N) is 1. The van der Waals surface area contributed by atoms with Crippen LogP contribution in [-0.4, -0.2) is 26.3 Å². The molecule has 0 saturated carbocycles. The molecule has 1 amide bonds. The number of hydrogen-bond acceptors (Lipinski definition) is 4. The molecule has 5 nitrogen and oxygen atoms in total. The van der Waals surface area contributed by atoms with E-state index in [9.17, 15) is 4.79 Å². The number of methoxy groups -OCH3 is 2. The Morgan fingerprint density at radius 3 is 2.52 bits per heavy atom. The summed E-state index contributed by atoms with van der Waals surface area (Å²) in [4.78, 5) is 12.1. The Morgan fingerprint density at radius 2 is 1.88 bits per heavy atom. The summed E-state index contributed by atoms with van der Waals surface area (Å²) in [6.45, 7) is 4.01. The fourth-order valence-corrected chi connectivity index (χ4v) is 2.66. The van der Waals surface area contributed by atoms with Crippen molar-refractivity contribution in [2.75, 3.05) is 14.2 Å². The van der Waals surface area contributed by atoms with E-state index in [1.54, 1.807) is 19.2 Å². The van der Waals surface area contributed by atoms with Crippen LogP contribution in [-0.2, 0) is 11.2 Å². The number of carbonyl (C=O) groups excluding carboxylic acids is 1. The van der Waals surface area contributed by atoms with Crippen molar-refractivity contribution in [3.63, 3.8) is 0 Å². The van der Waals surface area contributed by atoms with Crippen LogP contribution in [0, 0.1) is 13.8 Å². The number of amides is 1. The molecule has 2 aromatic carbocycles. The minimum Gasteiger partial charge on any atom is -0.496 e. The highest BCUT2D eigenvalue weighted by Crippen LogP contribution is 2.31. The Kier molecular flexibility index (Phi) is 6.42. The van der Waals surface area contributed by atoms with Gasteiger partial charge in [0.05, 0.1) is 31.9 Å². The van der Waals surface area contributed by atoms with E-state index in [1.807, 2.05) is 26.0 Å². The summed E-state index contributed by atoms with van der Waals surface area (Å²) in [6, 6.07) is 9.33. The smallest absolute Gasteiger partial charge is 0.244 e. The van der Waals surface area contributed by atoms with Crippen LogP contribution in [0.15, 0.2) is 35.4 Å². The van der Waals surface area contributed by atoms with E-state index in [2.05, 4.69) is 16.6 Å². The molecule has 0 aromatic heterocycles. The molecule has 2 rings (SSSR count). The van der Waals surface area contributed by atoms with Gasteiger partial charge in [0.25, 0.3) is 0 Å². The van der Waals surface area contributed by atoms with E-state index < -0.39 is 0 Å². The van der Waals surface area contributed by atoms with Crippen LogP contribution in [0.4, 0.5) is 0 Å². The first-order valence-electron chi connectivity index (χ1n) is 7.74. The lowest BCUT2D eigenvalue weighted by Gasteiger charge is -2.09. The molecule has 2 aromatic rings. The number of halogens is 1. The highest BCUT2D eigenvalue weighted by atomic mass is 35.5. The first-order valence-corrected chi connectivity index (χ1v) is 8.12. The quantitative estimate of drug-likeness (QED) is 0.631. The first kappa shape index (κ1) is 18.8. The number of carbonyl (C=O) groups is 1. The topological polar surface area (TPSA) is 59.9 Å². The lowest BCUT2D eigenvalue weighted by atomic mass is 10.0. The van der Waals surface area contributed by atoms with E-state index in [4.69, 9.17) is 21.1 Å². The number of hydrogen-bond donors (Lipinski definition) is 1. The summed E-state index contributed by atoms with van der Waals surface area (Å²) in [5.74, 6) is 0.866. The van der Waals surface area contributed by atoms with Crippen LogP contribution >= 0.6 is 11.6 Å². The van der Waals surface area contributed by atoms with E-state index in [1.165, 1.54) is 18.9 Å². The maximum absolute atomic E-state index is 12.1. The van der Waals surface area contributed by atoms with E-state index >= 15 is 0 Å². The minimum atomic E-state index is -0.193. The maximum atomic E-state index is 12.1. The fraction of sp³-hybridized carbons (Fsp3) is 0.263. The standard InChI is InChI=1S/C19H21ClN2O3/c1-12-5-6-14(13(2)7-12)9-19(23)22-21-11-15-8-16(20)18(25-4)10-17(15)24-3/h5-8,10-11H,9H2,1-4H3,(H,22,23)/b21-11+. The highest BCUT2D eigenvalue weighted by molar-refractivity contribution is 6.32. The zero-order valence-electron chi connectivity index (χ0n) is 14.7. The number of rotatable bonds is 6. The second-order valence-electron chi connectivity index (χ2n) is 5.63. The molecular weight excluding hydrogens is 340 g/mol. The monoisotopic (exact) mass is 360 g/mol. The molecule has 0 unspecified atom stereocenters. The normalized spacial score (nSPS) is 10.8. The van der Waals surface area contributed by atoms with Crippen LogP contribution in [0.1, 0.15) is 22.3 Å². The Hall–Kier alpha value is -2.53. The summed E-state index contributed by atoms with van der Waals surface area (Å²) in [6.07, 6.45) is 1.76. The van der Waals surface area contributed by atoms with Crippen molar-refractivity contribution in [1.82, 2.24) is 5.43 Å². The second kappa shape index (κ2) is 8.53. The third kappa shape index (κ3) is 4.97. The minimum absolute atomic E-state index is 0.193. The molecule has 132 valence electrons. The summed E-state index contributed by atoms with van der Waals surface area (Å²) in [7, 11) is 3.07. The molecule has 0 spiro atoms. The largest absolute Gasteiger partial charge is 0.496 e. The van der Waals surface area contributed by atoms with Crippen LogP contribution in [0.3, 0.4) is 0 Å².